The maximum absolute atomic E-state index is 13.3. The van der Waals surface area contributed by atoms with Crippen molar-refractivity contribution in [1.29, 1.82) is 0 Å². The lowest BCUT2D eigenvalue weighted by molar-refractivity contribution is 0.0507. The molecule has 1 fully saturated rings. The summed E-state index contributed by atoms with van der Waals surface area (Å²) in [5, 5.41) is 3.93. The van der Waals surface area contributed by atoms with Gasteiger partial charge in [0.1, 0.15) is 11.4 Å². The normalized spacial score (nSPS) is 18.2. The Hall–Kier alpha value is -2.39. The minimum Gasteiger partial charge on any atom is -0.494 e. The lowest BCUT2D eigenvalue weighted by Crippen LogP contribution is -2.41. The van der Waals surface area contributed by atoms with E-state index in [1.165, 1.54) is 17.6 Å². The largest absolute Gasteiger partial charge is 0.494 e. The summed E-state index contributed by atoms with van der Waals surface area (Å²) in [5.74, 6) is 0.402. The van der Waals surface area contributed by atoms with Crippen LogP contribution < -0.4 is 10.1 Å². The van der Waals surface area contributed by atoms with Gasteiger partial charge in [-0.05, 0) is 33.3 Å². The van der Waals surface area contributed by atoms with Crippen LogP contribution in [0.3, 0.4) is 0 Å². The van der Waals surface area contributed by atoms with Crippen LogP contribution >= 0.6 is 0 Å². The predicted molar refractivity (Wildman–Crippen MR) is 105 cm³/mol. The summed E-state index contributed by atoms with van der Waals surface area (Å²) >= 11 is 0. The molecular weight excluding hydrogens is 382 g/mol. The second-order valence-corrected chi connectivity index (χ2v) is 9.60. The van der Waals surface area contributed by atoms with Gasteiger partial charge in [0.25, 0.3) is 0 Å². The van der Waals surface area contributed by atoms with Crippen LogP contribution in [-0.2, 0) is 14.8 Å². The highest BCUT2D eigenvalue weighted by molar-refractivity contribution is 7.89. The van der Waals surface area contributed by atoms with Crippen molar-refractivity contribution in [2.75, 3.05) is 20.2 Å². The highest BCUT2D eigenvalue weighted by Gasteiger charge is 2.35. The Balaban J connectivity index is 1.83. The molecule has 1 aliphatic rings. The van der Waals surface area contributed by atoms with Crippen molar-refractivity contribution in [3.8, 4) is 5.75 Å². The second kappa shape index (κ2) is 7.56. The molecule has 1 N–H and O–H groups in total. The number of fused-ring (bicyclic) bond motifs is 1. The molecule has 1 aromatic heterocycles. The third-order valence-electron chi connectivity index (χ3n) is 4.42. The number of pyridine rings is 1. The van der Waals surface area contributed by atoms with E-state index in [0.29, 0.717) is 29.5 Å². The fourth-order valence-electron chi connectivity index (χ4n) is 3.22. The molecule has 8 nitrogen and oxygen atoms in total. The quantitative estimate of drug-likeness (QED) is 0.836. The molecule has 2 heterocycles. The van der Waals surface area contributed by atoms with Gasteiger partial charge >= 0.3 is 6.09 Å². The molecule has 0 bridgehead atoms. The van der Waals surface area contributed by atoms with Crippen LogP contribution in [0.2, 0.25) is 0 Å². The number of hydrogen-bond acceptors (Lipinski definition) is 6. The van der Waals surface area contributed by atoms with E-state index in [0.717, 1.165) is 0 Å². The Labute approximate surface area is 164 Å². The van der Waals surface area contributed by atoms with Crippen LogP contribution in [0.25, 0.3) is 10.8 Å². The SMILES string of the molecule is COc1cncc2cccc(S(=O)(=O)N3CC[C@H](NC(=O)OC(C)(C)C)C3)c12. The van der Waals surface area contributed by atoms with Crippen LogP contribution in [0.4, 0.5) is 4.79 Å². The Morgan fingerprint density at radius 2 is 2.04 bits per heavy atom. The number of aromatic nitrogens is 1. The highest BCUT2D eigenvalue weighted by Crippen LogP contribution is 2.33. The van der Waals surface area contributed by atoms with Crippen LogP contribution in [0.5, 0.6) is 5.75 Å². The number of amides is 1. The van der Waals surface area contributed by atoms with E-state index < -0.39 is 21.7 Å². The molecule has 1 atom stereocenters. The number of rotatable bonds is 4. The molecule has 2 aromatic rings. The van der Waals surface area contributed by atoms with E-state index in [-0.39, 0.29) is 17.5 Å². The van der Waals surface area contributed by atoms with Crippen LogP contribution in [0.1, 0.15) is 27.2 Å². The van der Waals surface area contributed by atoms with Gasteiger partial charge in [0.15, 0.2) is 0 Å². The zero-order valence-corrected chi connectivity index (χ0v) is 17.2. The van der Waals surface area contributed by atoms with Crippen molar-refractivity contribution in [2.45, 2.75) is 43.7 Å². The monoisotopic (exact) mass is 407 g/mol. The highest BCUT2D eigenvalue weighted by atomic mass is 32.2. The average Bonchev–Trinajstić information content (AvgIpc) is 3.08. The summed E-state index contributed by atoms with van der Waals surface area (Å²) < 4.78 is 38.5. The Bertz CT molecular complexity index is 979. The van der Waals surface area contributed by atoms with Crippen molar-refractivity contribution in [3.63, 3.8) is 0 Å². The average molecular weight is 407 g/mol. The molecule has 1 aliphatic heterocycles. The molecule has 0 saturated carbocycles. The predicted octanol–water partition coefficient (Wildman–Crippen LogP) is 2.53. The summed E-state index contributed by atoms with van der Waals surface area (Å²) in [5.41, 5.74) is -0.609. The lowest BCUT2D eigenvalue weighted by atomic mass is 10.2. The molecule has 0 spiro atoms. The first kappa shape index (κ1) is 20.3. The number of alkyl carbamates (subject to hydrolysis) is 1. The first-order chi connectivity index (χ1) is 13.1. The third kappa shape index (κ3) is 4.20. The minimum absolute atomic E-state index is 0.169. The number of ether oxygens (including phenoxy) is 2. The van der Waals surface area contributed by atoms with Gasteiger partial charge in [0.2, 0.25) is 10.0 Å². The van der Waals surface area contributed by atoms with Crippen molar-refractivity contribution in [1.82, 2.24) is 14.6 Å². The maximum Gasteiger partial charge on any atom is 0.407 e. The van der Waals surface area contributed by atoms with Gasteiger partial charge in [-0.3, -0.25) is 4.98 Å². The maximum atomic E-state index is 13.3. The molecule has 28 heavy (non-hydrogen) atoms. The molecule has 3 rings (SSSR count). The van der Waals surface area contributed by atoms with Crippen LogP contribution in [0, 0.1) is 0 Å². The van der Waals surface area contributed by atoms with Crippen molar-refractivity contribution in [2.24, 2.45) is 0 Å². The lowest BCUT2D eigenvalue weighted by Gasteiger charge is -2.22. The number of hydrogen-bond donors (Lipinski definition) is 1. The van der Waals surface area contributed by atoms with E-state index in [9.17, 15) is 13.2 Å². The number of methoxy groups -OCH3 is 1. The molecule has 1 amide bonds. The molecule has 1 aromatic carbocycles. The van der Waals surface area contributed by atoms with Gasteiger partial charge in [-0.1, -0.05) is 12.1 Å². The fraction of sp³-hybridized carbons (Fsp3) is 0.474. The van der Waals surface area contributed by atoms with Gasteiger partial charge in [0.05, 0.1) is 18.2 Å². The van der Waals surface area contributed by atoms with Gasteiger partial charge < -0.3 is 14.8 Å². The fourth-order valence-corrected chi connectivity index (χ4v) is 4.94. The summed E-state index contributed by atoms with van der Waals surface area (Å²) in [4.78, 5) is 16.2. The Morgan fingerprint density at radius 1 is 1.29 bits per heavy atom. The van der Waals surface area contributed by atoms with Gasteiger partial charge in [-0.2, -0.15) is 4.31 Å². The first-order valence-electron chi connectivity index (χ1n) is 9.02. The van der Waals surface area contributed by atoms with E-state index in [1.807, 2.05) is 0 Å². The molecule has 1 saturated heterocycles. The molecule has 0 radical (unpaired) electrons. The van der Waals surface area contributed by atoms with Gasteiger partial charge in [-0.25, -0.2) is 13.2 Å². The van der Waals surface area contributed by atoms with E-state index >= 15 is 0 Å². The van der Waals surface area contributed by atoms with Crippen molar-refractivity contribution >= 4 is 26.9 Å². The Morgan fingerprint density at radius 3 is 2.71 bits per heavy atom. The number of nitrogens with one attached hydrogen (secondary N) is 1. The topological polar surface area (TPSA) is 97.8 Å². The molecule has 9 heteroatoms. The Kier molecular flexibility index (Phi) is 5.49. The summed E-state index contributed by atoms with van der Waals surface area (Å²) in [6.45, 7) is 5.83. The van der Waals surface area contributed by atoms with E-state index in [1.54, 1.807) is 45.2 Å². The van der Waals surface area contributed by atoms with Gasteiger partial charge in [0, 0.05) is 36.1 Å². The van der Waals surface area contributed by atoms with Crippen molar-refractivity contribution in [3.05, 3.63) is 30.6 Å². The smallest absolute Gasteiger partial charge is 0.407 e. The molecule has 0 unspecified atom stereocenters. The number of carbonyl (C=O) groups excluding carboxylic acids is 1. The van der Waals surface area contributed by atoms with Crippen LogP contribution in [-0.4, -0.2) is 55.6 Å². The van der Waals surface area contributed by atoms with E-state index in [4.69, 9.17) is 9.47 Å². The third-order valence-corrected chi connectivity index (χ3v) is 6.33. The number of benzene rings is 1. The standard InChI is InChI=1S/C19H25N3O5S/c1-19(2,3)27-18(23)21-14-8-9-22(12-14)28(24,25)16-7-5-6-13-10-20-11-15(26-4)17(13)16/h5-7,10-11,14H,8-9,12H2,1-4H3,(H,21,23)/t14-/m0/s1. The zero-order chi connectivity index (χ0) is 20.5. The zero-order valence-electron chi connectivity index (χ0n) is 16.4. The van der Waals surface area contributed by atoms with Gasteiger partial charge in [-0.15, -0.1) is 0 Å². The number of nitrogens with zero attached hydrogens (tertiary/aromatic N) is 2. The van der Waals surface area contributed by atoms with Crippen LogP contribution in [0.15, 0.2) is 35.5 Å². The summed E-state index contributed by atoms with van der Waals surface area (Å²) in [7, 11) is -2.29. The first-order valence-corrected chi connectivity index (χ1v) is 10.5. The molecule has 152 valence electrons. The molecular formula is C19H25N3O5S. The summed E-state index contributed by atoms with van der Waals surface area (Å²) in [6, 6.07) is 4.74. The van der Waals surface area contributed by atoms with Crippen molar-refractivity contribution < 1.29 is 22.7 Å². The number of carbonyl (C=O) groups is 1. The molecule has 0 aliphatic carbocycles. The van der Waals surface area contributed by atoms with E-state index in [2.05, 4.69) is 10.3 Å². The second-order valence-electron chi connectivity index (χ2n) is 7.69. The minimum atomic E-state index is -3.77. The number of sulfonamides is 1. The summed E-state index contributed by atoms with van der Waals surface area (Å²) in [6.07, 6.45) is 3.07.